The van der Waals surface area contributed by atoms with E-state index in [1.807, 2.05) is 0 Å². The Bertz CT molecular complexity index is 564. The van der Waals surface area contributed by atoms with E-state index in [1.165, 1.54) is 31.1 Å². The molecular weight excluding hydrogens is 268 g/mol. The van der Waals surface area contributed by atoms with Gasteiger partial charge in [-0.05, 0) is 11.4 Å². The molecule has 1 N–H and O–H groups in total. The van der Waals surface area contributed by atoms with Gasteiger partial charge < -0.3 is 10.1 Å². The molecule has 100 valence electrons. The number of nitrogens with zero attached hydrogens (tertiary/aromatic N) is 3. The van der Waals surface area contributed by atoms with Crippen LogP contribution in [0.15, 0.2) is 24.1 Å². The maximum Gasteiger partial charge on any atom is 0.350 e. The number of aromatic nitrogens is 3. The Balaban J connectivity index is 1.92. The topological polar surface area (TPSA) is 86.1 Å². The first-order chi connectivity index (χ1) is 9.20. The molecule has 8 heteroatoms. The van der Waals surface area contributed by atoms with Crippen LogP contribution in [0, 0.1) is 0 Å². The molecule has 0 spiro atoms. The quantitative estimate of drug-likeness (QED) is 0.830. The summed E-state index contributed by atoms with van der Waals surface area (Å²) < 4.78 is 6.20. The molecule has 7 nitrogen and oxygen atoms in total. The van der Waals surface area contributed by atoms with E-state index < -0.39 is 5.97 Å². The van der Waals surface area contributed by atoms with E-state index in [2.05, 4.69) is 20.1 Å². The van der Waals surface area contributed by atoms with Gasteiger partial charge in [0.2, 0.25) is 5.91 Å². The molecule has 2 heterocycles. The number of thiophene rings is 1. The average Bonchev–Trinajstić information content (AvgIpc) is 3.06. The summed E-state index contributed by atoms with van der Waals surface area (Å²) in [5.74, 6) is -0.652. The number of nitrogens with one attached hydrogen (secondary N) is 1. The van der Waals surface area contributed by atoms with Crippen molar-refractivity contribution in [3.8, 4) is 0 Å². The van der Waals surface area contributed by atoms with Crippen LogP contribution in [0.5, 0.6) is 0 Å². The summed E-state index contributed by atoms with van der Waals surface area (Å²) in [7, 11) is 1.30. The number of rotatable bonds is 5. The number of aryl methyl sites for hydroxylation is 1. The molecular formula is C11H12N4O3S. The van der Waals surface area contributed by atoms with E-state index in [0.717, 1.165) is 0 Å². The average molecular weight is 280 g/mol. The molecule has 2 rings (SSSR count). The van der Waals surface area contributed by atoms with E-state index in [1.54, 1.807) is 16.1 Å². The number of hydrogen-bond donors (Lipinski definition) is 1. The van der Waals surface area contributed by atoms with Crippen molar-refractivity contribution >= 4 is 28.9 Å². The third kappa shape index (κ3) is 3.38. The minimum atomic E-state index is -0.457. The Morgan fingerprint density at radius 1 is 1.53 bits per heavy atom. The lowest BCUT2D eigenvalue weighted by molar-refractivity contribution is -0.116. The van der Waals surface area contributed by atoms with E-state index in [9.17, 15) is 9.59 Å². The summed E-state index contributed by atoms with van der Waals surface area (Å²) in [5, 5.41) is 8.30. The molecule has 2 aromatic heterocycles. The van der Waals surface area contributed by atoms with E-state index in [4.69, 9.17) is 0 Å². The van der Waals surface area contributed by atoms with Crippen molar-refractivity contribution in [2.45, 2.75) is 13.0 Å². The van der Waals surface area contributed by atoms with Crippen LogP contribution >= 0.6 is 11.3 Å². The third-order valence-corrected chi connectivity index (χ3v) is 3.24. The van der Waals surface area contributed by atoms with Crippen LogP contribution in [0.4, 0.5) is 5.69 Å². The number of carbonyl (C=O) groups excluding carboxylic acids is 2. The fourth-order valence-corrected chi connectivity index (χ4v) is 2.20. The molecule has 0 saturated heterocycles. The van der Waals surface area contributed by atoms with Crippen LogP contribution < -0.4 is 5.32 Å². The summed E-state index contributed by atoms with van der Waals surface area (Å²) in [6.45, 7) is 0.434. The van der Waals surface area contributed by atoms with E-state index >= 15 is 0 Å². The SMILES string of the molecule is COC(=O)c1sccc1NC(=O)CCn1cncn1. The Labute approximate surface area is 113 Å². The van der Waals surface area contributed by atoms with Gasteiger partial charge in [-0.25, -0.2) is 9.78 Å². The van der Waals surface area contributed by atoms with Gasteiger partial charge in [-0.2, -0.15) is 5.10 Å². The first-order valence-electron chi connectivity index (χ1n) is 5.49. The molecule has 0 bridgehead atoms. The molecule has 0 saturated carbocycles. The smallest absolute Gasteiger partial charge is 0.350 e. The van der Waals surface area contributed by atoms with Crippen LogP contribution in [0.3, 0.4) is 0 Å². The molecule has 0 unspecified atom stereocenters. The zero-order valence-corrected chi connectivity index (χ0v) is 11.0. The molecule has 0 aromatic carbocycles. The minimum absolute atomic E-state index is 0.195. The van der Waals surface area contributed by atoms with Crippen molar-refractivity contribution in [1.29, 1.82) is 0 Å². The van der Waals surface area contributed by atoms with E-state index in [0.29, 0.717) is 17.1 Å². The lowest BCUT2D eigenvalue weighted by atomic mass is 10.3. The fourth-order valence-electron chi connectivity index (χ4n) is 1.44. The Morgan fingerprint density at radius 2 is 2.37 bits per heavy atom. The normalized spacial score (nSPS) is 10.2. The van der Waals surface area contributed by atoms with Crippen LogP contribution in [0.1, 0.15) is 16.1 Å². The lowest BCUT2D eigenvalue weighted by Crippen LogP contribution is -2.16. The monoisotopic (exact) mass is 280 g/mol. The standard InChI is InChI=1S/C11H12N4O3S/c1-18-11(17)10-8(3-5-19-10)14-9(16)2-4-15-7-12-6-13-15/h3,5-7H,2,4H2,1H3,(H,14,16). The second kappa shape index (κ2) is 6.10. The Morgan fingerprint density at radius 3 is 3.05 bits per heavy atom. The van der Waals surface area contributed by atoms with E-state index in [-0.39, 0.29) is 12.3 Å². The lowest BCUT2D eigenvalue weighted by Gasteiger charge is -2.05. The first-order valence-corrected chi connectivity index (χ1v) is 6.36. The Hall–Kier alpha value is -2.22. The van der Waals surface area contributed by atoms with Gasteiger partial charge in [0.1, 0.15) is 17.5 Å². The predicted octanol–water partition coefficient (Wildman–Crippen LogP) is 1.15. The van der Waals surface area contributed by atoms with Gasteiger partial charge in [0.15, 0.2) is 0 Å². The summed E-state index contributed by atoms with van der Waals surface area (Å²) in [6, 6.07) is 1.67. The number of carbonyl (C=O) groups is 2. The zero-order chi connectivity index (χ0) is 13.7. The number of esters is 1. The summed E-state index contributed by atoms with van der Waals surface area (Å²) >= 11 is 1.22. The van der Waals surface area contributed by atoms with Crippen molar-refractivity contribution in [1.82, 2.24) is 14.8 Å². The highest BCUT2D eigenvalue weighted by atomic mass is 32.1. The minimum Gasteiger partial charge on any atom is -0.465 e. The van der Waals surface area contributed by atoms with Gasteiger partial charge in [-0.3, -0.25) is 9.48 Å². The highest BCUT2D eigenvalue weighted by Gasteiger charge is 2.15. The summed E-state index contributed by atoms with van der Waals surface area (Å²) in [5.41, 5.74) is 0.473. The highest BCUT2D eigenvalue weighted by Crippen LogP contribution is 2.23. The Kier molecular flexibility index (Phi) is 4.24. The molecule has 0 aliphatic carbocycles. The number of methoxy groups -OCH3 is 1. The van der Waals surface area contributed by atoms with Gasteiger partial charge in [0, 0.05) is 6.42 Å². The van der Waals surface area contributed by atoms with Gasteiger partial charge in [0.05, 0.1) is 19.3 Å². The number of hydrogen-bond acceptors (Lipinski definition) is 6. The maximum atomic E-state index is 11.7. The van der Waals surface area contributed by atoms with Crippen molar-refractivity contribution in [2.24, 2.45) is 0 Å². The third-order valence-electron chi connectivity index (χ3n) is 2.34. The fraction of sp³-hybridized carbons (Fsp3) is 0.273. The molecule has 0 fully saturated rings. The number of anilines is 1. The maximum absolute atomic E-state index is 11.7. The molecule has 0 aliphatic rings. The van der Waals surface area contributed by atoms with Crippen LogP contribution in [0.2, 0.25) is 0 Å². The molecule has 19 heavy (non-hydrogen) atoms. The van der Waals surface area contributed by atoms with Crippen LogP contribution in [-0.4, -0.2) is 33.8 Å². The molecule has 0 atom stereocenters. The van der Waals surface area contributed by atoms with Gasteiger partial charge in [-0.15, -0.1) is 11.3 Å². The summed E-state index contributed by atoms with van der Waals surface area (Å²) in [4.78, 5) is 27.4. The molecule has 0 aliphatic heterocycles. The predicted molar refractivity (Wildman–Crippen MR) is 68.9 cm³/mol. The highest BCUT2D eigenvalue weighted by molar-refractivity contribution is 7.12. The molecule has 1 amide bonds. The zero-order valence-electron chi connectivity index (χ0n) is 10.2. The van der Waals surface area contributed by atoms with Gasteiger partial charge in [0.25, 0.3) is 0 Å². The van der Waals surface area contributed by atoms with Crippen LogP contribution in [0.25, 0.3) is 0 Å². The summed E-state index contributed by atoms with van der Waals surface area (Å²) in [6.07, 6.45) is 3.20. The second-order valence-electron chi connectivity index (χ2n) is 3.61. The first kappa shape index (κ1) is 13.2. The number of amides is 1. The van der Waals surface area contributed by atoms with Gasteiger partial charge >= 0.3 is 5.97 Å². The number of ether oxygens (including phenoxy) is 1. The van der Waals surface area contributed by atoms with Crippen LogP contribution in [-0.2, 0) is 16.1 Å². The van der Waals surface area contributed by atoms with Crippen molar-refractivity contribution in [2.75, 3.05) is 12.4 Å². The van der Waals surface area contributed by atoms with Gasteiger partial charge in [-0.1, -0.05) is 0 Å². The molecule has 2 aromatic rings. The van der Waals surface area contributed by atoms with Crippen molar-refractivity contribution in [3.05, 3.63) is 29.0 Å². The van der Waals surface area contributed by atoms with Crippen molar-refractivity contribution < 1.29 is 14.3 Å². The second-order valence-corrected chi connectivity index (χ2v) is 4.53. The molecule has 0 radical (unpaired) electrons. The largest absolute Gasteiger partial charge is 0.465 e. The van der Waals surface area contributed by atoms with Crippen molar-refractivity contribution in [3.63, 3.8) is 0 Å².